The third-order valence-electron chi connectivity index (χ3n) is 5.16. The lowest BCUT2D eigenvalue weighted by molar-refractivity contribution is -0.116. The third kappa shape index (κ3) is 5.62. The third-order valence-corrected chi connectivity index (χ3v) is 5.64. The molecule has 190 valence electrons. The molecular formula is C19H24N5O10P. The van der Waals surface area contributed by atoms with Crippen LogP contribution in [-0.4, -0.2) is 85.4 Å². The molecule has 0 spiro atoms. The predicted octanol–water partition coefficient (Wildman–Crippen LogP) is -0.0830. The molecule has 0 amide bonds. The highest BCUT2D eigenvalue weighted by Gasteiger charge is 2.45. The monoisotopic (exact) mass is 513 g/mol. The molecule has 4 rings (SSSR count). The van der Waals surface area contributed by atoms with Crippen molar-refractivity contribution in [2.45, 2.75) is 31.1 Å². The Morgan fingerprint density at radius 2 is 1.89 bits per heavy atom. The number of rotatable bonds is 10. The minimum Gasteiger partial charge on any atom is -0.493 e. The van der Waals surface area contributed by atoms with Crippen LogP contribution < -0.4 is 19.5 Å². The van der Waals surface area contributed by atoms with Crippen molar-refractivity contribution in [3.05, 3.63) is 30.4 Å². The fourth-order valence-corrected chi connectivity index (χ4v) is 3.84. The number of ether oxygens (including phenoxy) is 4. The summed E-state index contributed by atoms with van der Waals surface area (Å²) in [5, 5.41) is 23.7. The second-order valence-corrected chi connectivity index (χ2v) is 8.67. The molecule has 2 aromatic heterocycles. The fraction of sp³-hybridized carbons (Fsp3) is 0.421. The van der Waals surface area contributed by atoms with Gasteiger partial charge in [-0.2, -0.15) is 0 Å². The number of aromatic nitrogens is 4. The molecule has 15 nitrogen and oxygen atoms in total. The van der Waals surface area contributed by atoms with Gasteiger partial charge in [-0.25, -0.2) is 19.5 Å². The zero-order valence-electron chi connectivity index (χ0n) is 18.6. The van der Waals surface area contributed by atoms with Crippen LogP contribution >= 0.6 is 7.82 Å². The summed E-state index contributed by atoms with van der Waals surface area (Å²) in [6, 6.07) is 3.32. The maximum atomic E-state index is 11.0. The lowest BCUT2D eigenvalue weighted by Gasteiger charge is -2.21. The number of phosphoric acid groups is 1. The van der Waals surface area contributed by atoms with Gasteiger partial charge in [-0.15, -0.1) is 0 Å². The van der Waals surface area contributed by atoms with E-state index in [2.05, 4.69) is 29.8 Å². The first kappa shape index (κ1) is 25.1. The lowest BCUT2D eigenvalue weighted by atomic mass is 10.1. The molecule has 0 radical (unpaired) electrons. The van der Waals surface area contributed by atoms with Crippen LogP contribution in [0.15, 0.2) is 24.8 Å². The van der Waals surface area contributed by atoms with Gasteiger partial charge in [0.2, 0.25) is 12.0 Å². The van der Waals surface area contributed by atoms with Gasteiger partial charge in [0.05, 0.1) is 27.2 Å². The van der Waals surface area contributed by atoms with Gasteiger partial charge < -0.3 is 49.2 Å². The summed E-state index contributed by atoms with van der Waals surface area (Å²) < 4.78 is 37.3. The molecule has 1 aromatic carbocycles. The van der Waals surface area contributed by atoms with E-state index in [1.165, 1.54) is 26.9 Å². The Morgan fingerprint density at radius 1 is 1.11 bits per heavy atom. The minimum absolute atomic E-state index is 0.130. The van der Waals surface area contributed by atoms with Crippen molar-refractivity contribution in [1.29, 1.82) is 0 Å². The predicted molar refractivity (Wildman–Crippen MR) is 118 cm³/mol. The number of H-pyrrole nitrogens is 1. The zero-order chi connectivity index (χ0) is 25.2. The number of hydrogen-bond donors (Lipinski definition) is 6. The first-order valence-electron chi connectivity index (χ1n) is 10.2. The number of hydrogen-bond acceptors (Lipinski definition) is 12. The Labute approximate surface area is 198 Å². The van der Waals surface area contributed by atoms with E-state index in [9.17, 15) is 14.8 Å². The van der Waals surface area contributed by atoms with Crippen LogP contribution in [0.3, 0.4) is 0 Å². The maximum Gasteiger partial charge on any atom is 0.469 e. The number of aliphatic hydroxyl groups excluding tert-OH is 2. The van der Waals surface area contributed by atoms with Crippen LogP contribution in [-0.2, 0) is 20.4 Å². The topological polar surface area (TPSA) is 211 Å². The van der Waals surface area contributed by atoms with Crippen molar-refractivity contribution >= 4 is 24.8 Å². The lowest BCUT2D eigenvalue weighted by Crippen LogP contribution is -2.36. The number of aliphatic hydroxyl groups is 2. The van der Waals surface area contributed by atoms with Gasteiger partial charge >= 0.3 is 7.82 Å². The van der Waals surface area contributed by atoms with E-state index in [0.717, 1.165) is 0 Å². The second kappa shape index (κ2) is 10.3. The molecule has 0 saturated carbocycles. The Hall–Kier alpha value is -3.04. The van der Waals surface area contributed by atoms with Gasteiger partial charge in [-0.1, -0.05) is 0 Å². The molecule has 16 heteroatoms. The van der Waals surface area contributed by atoms with Crippen molar-refractivity contribution in [3.8, 4) is 17.2 Å². The number of fused-ring (bicyclic) bond motifs is 1. The van der Waals surface area contributed by atoms with E-state index in [1.807, 2.05) is 0 Å². The number of methoxy groups -OCH3 is 2. The number of nitrogens with zero attached hydrogens (tertiary/aromatic N) is 3. The minimum atomic E-state index is -4.80. The van der Waals surface area contributed by atoms with Gasteiger partial charge in [0.25, 0.3) is 0 Å². The molecule has 35 heavy (non-hydrogen) atoms. The number of anilines is 1. The Kier molecular flexibility index (Phi) is 7.37. The summed E-state index contributed by atoms with van der Waals surface area (Å²) in [5.41, 5.74) is 1.81. The molecule has 1 aliphatic rings. The van der Waals surface area contributed by atoms with E-state index in [1.54, 1.807) is 12.1 Å². The first-order chi connectivity index (χ1) is 16.7. The fourth-order valence-electron chi connectivity index (χ4n) is 3.50. The molecule has 3 aromatic rings. The molecule has 0 aliphatic carbocycles. The van der Waals surface area contributed by atoms with Crippen molar-refractivity contribution in [1.82, 2.24) is 19.9 Å². The van der Waals surface area contributed by atoms with Gasteiger partial charge in [0.1, 0.15) is 30.2 Å². The molecule has 3 heterocycles. The highest BCUT2D eigenvalue weighted by molar-refractivity contribution is 7.46. The average Bonchev–Trinajstić information content (AvgIpc) is 3.41. The summed E-state index contributed by atoms with van der Waals surface area (Å²) in [6.07, 6.45) is -2.79. The van der Waals surface area contributed by atoms with Gasteiger partial charge in [0, 0.05) is 6.54 Å². The largest absolute Gasteiger partial charge is 0.493 e. The molecule has 1 unspecified atom stereocenters. The normalized spacial score (nSPS) is 22.3. The average molecular weight is 513 g/mol. The number of benzene rings is 1. The van der Waals surface area contributed by atoms with Crippen LogP contribution in [0.4, 0.5) is 5.82 Å². The highest BCUT2D eigenvalue weighted by atomic mass is 31.2. The Morgan fingerprint density at radius 3 is 2.60 bits per heavy atom. The van der Waals surface area contributed by atoms with Crippen molar-refractivity contribution in [2.24, 2.45) is 0 Å². The SMILES string of the molecule is COc1cc(CNc2ncnc3nc[nH]c23)cc(OC2O[C@H](COP(=O)(O)O)[C@@H](O)[C@H]2O)c1OC. The van der Waals surface area contributed by atoms with Gasteiger partial charge in [-0.05, 0) is 17.7 Å². The summed E-state index contributed by atoms with van der Waals surface area (Å²) in [5.74, 6) is 1.18. The van der Waals surface area contributed by atoms with Crippen molar-refractivity contribution < 1.29 is 48.0 Å². The molecule has 4 atom stereocenters. The van der Waals surface area contributed by atoms with Gasteiger partial charge in [-0.3, -0.25) is 4.52 Å². The van der Waals surface area contributed by atoms with Crippen LogP contribution in [0, 0.1) is 0 Å². The maximum absolute atomic E-state index is 11.0. The Bertz CT molecular complexity index is 1220. The summed E-state index contributed by atoms with van der Waals surface area (Å²) in [4.78, 5) is 33.1. The molecule has 0 bridgehead atoms. The van der Waals surface area contributed by atoms with Crippen LogP contribution in [0.5, 0.6) is 17.2 Å². The summed E-state index contributed by atoms with van der Waals surface area (Å²) in [6.45, 7) is -0.384. The van der Waals surface area contributed by atoms with Crippen LogP contribution in [0.1, 0.15) is 5.56 Å². The summed E-state index contributed by atoms with van der Waals surface area (Å²) in [7, 11) is -1.96. The number of imidazole rings is 1. The second-order valence-electron chi connectivity index (χ2n) is 7.43. The molecule has 6 N–H and O–H groups in total. The molecule has 1 saturated heterocycles. The first-order valence-corrected chi connectivity index (χ1v) is 11.7. The molecule has 1 fully saturated rings. The quantitative estimate of drug-likeness (QED) is 0.196. The number of phosphoric ester groups is 1. The van der Waals surface area contributed by atoms with E-state index in [0.29, 0.717) is 28.3 Å². The smallest absolute Gasteiger partial charge is 0.469 e. The standard InChI is InChI=1S/C19H24N5O10P/c1-30-10-3-9(5-20-17-13-18(22-7-21-13)24-8-23-17)4-11(16(10)31-2)33-19-15(26)14(25)12(34-19)6-32-35(27,28)29/h3-4,7-8,12,14-15,19,25-26H,5-6H2,1-2H3,(H2,27,28,29)(H2,20,21,22,23,24)/t12-,14-,15-,19?/m1/s1. The zero-order valence-corrected chi connectivity index (χ0v) is 19.5. The van der Waals surface area contributed by atoms with E-state index >= 15 is 0 Å². The van der Waals surface area contributed by atoms with E-state index in [4.69, 9.17) is 28.7 Å². The van der Waals surface area contributed by atoms with Crippen molar-refractivity contribution in [3.63, 3.8) is 0 Å². The summed E-state index contributed by atoms with van der Waals surface area (Å²) >= 11 is 0. The molecular weight excluding hydrogens is 489 g/mol. The number of nitrogens with one attached hydrogen (secondary N) is 2. The van der Waals surface area contributed by atoms with E-state index in [-0.39, 0.29) is 18.0 Å². The highest BCUT2D eigenvalue weighted by Crippen LogP contribution is 2.41. The van der Waals surface area contributed by atoms with Crippen LogP contribution in [0.2, 0.25) is 0 Å². The van der Waals surface area contributed by atoms with Gasteiger partial charge in [0.15, 0.2) is 23.0 Å². The van der Waals surface area contributed by atoms with Crippen LogP contribution in [0.25, 0.3) is 11.2 Å². The number of aromatic amines is 1. The Balaban J connectivity index is 1.53. The van der Waals surface area contributed by atoms with E-state index < -0.39 is 39.0 Å². The molecule has 1 aliphatic heterocycles. The van der Waals surface area contributed by atoms with Crippen molar-refractivity contribution in [2.75, 3.05) is 26.1 Å².